The Morgan fingerprint density at radius 1 is 1.18 bits per heavy atom. The Morgan fingerprint density at radius 3 is 2.64 bits per heavy atom. The zero-order valence-corrected chi connectivity index (χ0v) is 15.8. The average Bonchev–Trinajstić information content (AvgIpc) is 2.68. The van der Waals surface area contributed by atoms with Crippen molar-refractivity contribution in [2.45, 2.75) is 26.2 Å². The number of carbonyl (C=O) groups is 3. The number of halogens is 1. The smallest absolute Gasteiger partial charge is 0.253 e. The second kappa shape index (κ2) is 8.21. The Bertz CT molecular complexity index is 925. The lowest BCUT2D eigenvalue weighted by Gasteiger charge is -2.25. The van der Waals surface area contributed by atoms with Crippen LogP contribution in [0, 0.1) is 5.82 Å². The summed E-state index contributed by atoms with van der Waals surface area (Å²) in [4.78, 5) is 38.9. The van der Waals surface area contributed by atoms with E-state index in [9.17, 15) is 18.8 Å². The number of benzene rings is 2. The van der Waals surface area contributed by atoms with Crippen LogP contribution in [0.1, 0.15) is 42.1 Å². The molecule has 6 nitrogen and oxygen atoms in total. The molecule has 3 amide bonds. The molecule has 1 aliphatic heterocycles. The van der Waals surface area contributed by atoms with Crippen molar-refractivity contribution in [3.8, 4) is 0 Å². The Morgan fingerprint density at radius 2 is 1.93 bits per heavy atom. The fourth-order valence-corrected chi connectivity index (χ4v) is 3.32. The first-order chi connectivity index (χ1) is 13.4. The fraction of sp³-hybridized carbons (Fsp3) is 0.286. The maximum Gasteiger partial charge on any atom is 0.253 e. The molecule has 2 N–H and O–H groups in total. The van der Waals surface area contributed by atoms with Crippen LogP contribution < -0.4 is 10.6 Å². The van der Waals surface area contributed by atoms with Crippen molar-refractivity contribution in [3.05, 3.63) is 59.4 Å². The maximum absolute atomic E-state index is 13.5. The van der Waals surface area contributed by atoms with Gasteiger partial charge in [0.25, 0.3) is 5.91 Å². The third-order valence-electron chi connectivity index (χ3n) is 4.80. The molecule has 2 aromatic rings. The van der Waals surface area contributed by atoms with E-state index in [4.69, 9.17) is 0 Å². The summed E-state index contributed by atoms with van der Waals surface area (Å²) >= 11 is 0. The van der Waals surface area contributed by atoms with E-state index >= 15 is 0 Å². The number of nitrogens with one attached hydrogen (secondary N) is 2. The Labute approximate surface area is 162 Å². The Kier molecular flexibility index (Phi) is 5.73. The summed E-state index contributed by atoms with van der Waals surface area (Å²) in [6, 6.07) is 10.7. The normalized spacial score (nSPS) is 15.4. The van der Waals surface area contributed by atoms with E-state index in [1.807, 2.05) is 13.8 Å². The summed E-state index contributed by atoms with van der Waals surface area (Å²) in [5.74, 6) is -2.05. The van der Waals surface area contributed by atoms with Crippen LogP contribution in [0.3, 0.4) is 0 Å². The van der Waals surface area contributed by atoms with Crippen molar-refractivity contribution < 1.29 is 18.8 Å². The molecular weight excluding hydrogens is 361 g/mol. The standard InChI is InChI=1S/C21H22FN3O3/c1-3-25(4-2)21(28)13-6-5-7-15(10-13)23-20(27)17-12-19(26)24-18-11-14(22)8-9-16(17)18/h5-11,17H,3-4,12H2,1-2H3,(H,23,27)(H,24,26)/t17-/m0/s1. The second-order valence-corrected chi connectivity index (χ2v) is 6.58. The van der Waals surface area contributed by atoms with Gasteiger partial charge in [0.15, 0.2) is 0 Å². The highest BCUT2D eigenvalue weighted by atomic mass is 19.1. The molecule has 28 heavy (non-hydrogen) atoms. The second-order valence-electron chi connectivity index (χ2n) is 6.58. The lowest BCUT2D eigenvalue weighted by Crippen LogP contribution is -2.31. The monoisotopic (exact) mass is 383 g/mol. The average molecular weight is 383 g/mol. The van der Waals surface area contributed by atoms with Crippen LogP contribution in [0.25, 0.3) is 0 Å². The molecule has 0 spiro atoms. The van der Waals surface area contributed by atoms with Gasteiger partial charge < -0.3 is 15.5 Å². The molecule has 0 saturated heterocycles. The van der Waals surface area contributed by atoms with Crippen molar-refractivity contribution in [3.63, 3.8) is 0 Å². The summed E-state index contributed by atoms with van der Waals surface area (Å²) < 4.78 is 13.5. The van der Waals surface area contributed by atoms with Crippen molar-refractivity contribution in [2.24, 2.45) is 0 Å². The zero-order chi connectivity index (χ0) is 20.3. The molecule has 0 fully saturated rings. The molecule has 1 aliphatic rings. The molecule has 0 unspecified atom stereocenters. The van der Waals surface area contributed by atoms with Crippen LogP contribution in [0.4, 0.5) is 15.8 Å². The summed E-state index contributed by atoms with van der Waals surface area (Å²) in [5, 5.41) is 5.36. The lowest BCUT2D eigenvalue weighted by atomic mass is 9.89. The minimum atomic E-state index is -0.730. The topological polar surface area (TPSA) is 78.5 Å². The van der Waals surface area contributed by atoms with Crippen LogP contribution in [-0.2, 0) is 9.59 Å². The SMILES string of the molecule is CCN(CC)C(=O)c1cccc(NC(=O)[C@H]2CC(=O)Nc3cc(F)ccc32)c1. The van der Waals surface area contributed by atoms with Gasteiger partial charge in [-0.2, -0.15) is 0 Å². The number of fused-ring (bicyclic) bond motifs is 1. The molecule has 7 heteroatoms. The van der Waals surface area contributed by atoms with Crippen molar-refractivity contribution in [2.75, 3.05) is 23.7 Å². The highest BCUT2D eigenvalue weighted by Gasteiger charge is 2.31. The number of hydrogen-bond donors (Lipinski definition) is 2. The summed E-state index contributed by atoms with van der Waals surface area (Å²) in [5.41, 5.74) is 1.82. The zero-order valence-electron chi connectivity index (χ0n) is 15.8. The predicted molar refractivity (Wildman–Crippen MR) is 105 cm³/mol. The van der Waals surface area contributed by atoms with E-state index in [2.05, 4.69) is 10.6 Å². The van der Waals surface area contributed by atoms with E-state index in [0.29, 0.717) is 35.6 Å². The van der Waals surface area contributed by atoms with Crippen LogP contribution in [0.15, 0.2) is 42.5 Å². The quantitative estimate of drug-likeness (QED) is 0.831. The fourth-order valence-electron chi connectivity index (χ4n) is 3.32. The predicted octanol–water partition coefficient (Wildman–Crippen LogP) is 3.37. The van der Waals surface area contributed by atoms with Gasteiger partial charge >= 0.3 is 0 Å². The summed E-state index contributed by atoms with van der Waals surface area (Å²) in [7, 11) is 0. The first-order valence-electron chi connectivity index (χ1n) is 9.22. The summed E-state index contributed by atoms with van der Waals surface area (Å²) in [6.07, 6.45) is -0.0253. The van der Waals surface area contributed by atoms with E-state index < -0.39 is 11.7 Å². The van der Waals surface area contributed by atoms with Gasteiger partial charge in [-0.1, -0.05) is 12.1 Å². The molecule has 0 radical (unpaired) electrons. The van der Waals surface area contributed by atoms with Gasteiger partial charge in [0.05, 0.1) is 5.92 Å². The van der Waals surface area contributed by atoms with Crippen LogP contribution in [-0.4, -0.2) is 35.7 Å². The highest BCUT2D eigenvalue weighted by molar-refractivity contribution is 6.05. The van der Waals surface area contributed by atoms with Gasteiger partial charge in [-0.05, 0) is 49.7 Å². The van der Waals surface area contributed by atoms with Crippen molar-refractivity contribution in [1.29, 1.82) is 0 Å². The van der Waals surface area contributed by atoms with E-state index in [1.165, 1.54) is 18.2 Å². The molecule has 0 saturated carbocycles. The largest absolute Gasteiger partial charge is 0.339 e. The number of hydrogen-bond acceptors (Lipinski definition) is 3. The summed E-state index contributed by atoms with van der Waals surface area (Å²) in [6.45, 7) is 5.00. The molecule has 1 heterocycles. The number of rotatable bonds is 5. The first kappa shape index (κ1) is 19.5. The van der Waals surface area contributed by atoms with Crippen LogP contribution in [0.5, 0.6) is 0 Å². The third-order valence-corrected chi connectivity index (χ3v) is 4.80. The first-order valence-corrected chi connectivity index (χ1v) is 9.22. The number of anilines is 2. The van der Waals surface area contributed by atoms with Gasteiger partial charge in [0.1, 0.15) is 5.82 Å². The van der Waals surface area contributed by atoms with Gasteiger partial charge in [-0.3, -0.25) is 14.4 Å². The minimum Gasteiger partial charge on any atom is -0.339 e. The van der Waals surface area contributed by atoms with Gasteiger partial charge in [-0.25, -0.2) is 4.39 Å². The number of carbonyl (C=O) groups excluding carboxylic acids is 3. The molecule has 0 aromatic heterocycles. The van der Waals surface area contributed by atoms with Crippen molar-refractivity contribution >= 4 is 29.1 Å². The third kappa shape index (κ3) is 4.03. The maximum atomic E-state index is 13.5. The Hall–Kier alpha value is -3.22. The highest BCUT2D eigenvalue weighted by Crippen LogP contribution is 2.33. The number of amides is 3. The van der Waals surface area contributed by atoms with Crippen LogP contribution >= 0.6 is 0 Å². The molecule has 146 valence electrons. The molecule has 0 bridgehead atoms. The lowest BCUT2D eigenvalue weighted by molar-refractivity contribution is -0.123. The van der Waals surface area contributed by atoms with Crippen molar-refractivity contribution in [1.82, 2.24) is 4.90 Å². The number of nitrogens with zero attached hydrogens (tertiary/aromatic N) is 1. The molecule has 3 rings (SSSR count). The van der Waals surface area contributed by atoms with E-state index in [1.54, 1.807) is 29.2 Å². The van der Waals surface area contributed by atoms with Gasteiger partial charge in [0, 0.05) is 36.4 Å². The Balaban J connectivity index is 1.82. The molecular formula is C21H22FN3O3. The molecule has 2 aromatic carbocycles. The van der Waals surface area contributed by atoms with E-state index in [0.717, 1.165) is 0 Å². The van der Waals surface area contributed by atoms with Crippen LogP contribution in [0.2, 0.25) is 0 Å². The minimum absolute atomic E-state index is 0.0253. The molecule has 0 aliphatic carbocycles. The van der Waals surface area contributed by atoms with E-state index in [-0.39, 0.29) is 24.1 Å². The molecule has 1 atom stereocenters. The van der Waals surface area contributed by atoms with Gasteiger partial charge in [-0.15, -0.1) is 0 Å². The van der Waals surface area contributed by atoms with Gasteiger partial charge in [0.2, 0.25) is 11.8 Å².